The first-order valence-corrected chi connectivity index (χ1v) is 7.52. The lowest BCUT2D eigenvalue weighted by atomic mass is 9.64. The lowest BCUT2D eigenvalue weighted by Gasteiger charge is -2.52. The highest BCUT2D eigenvalue weighted by Gasteiger charge is 2.48. The predicted octanol–water partition coefficient (Wildman–Crippen LogP) is 3.01. The Labute approximate surface area is 118 Å². The van der Waals surface area contributed by atoms with Crippen molar-refractivity contribution in [3.05, 3.63) is 12.7 Å². The highest BCUT2D eigenvalue weighted by Crippen LogP contribution is 2.42. The number of hydrogen-bond acceptors (Lipinski definition) is 3. The van der Waals surface area contributed by atoms with Gasteiger partial charge in [0.2, 0.25) is 0 Å². The third-order valence-electron chi connectivity index (χ3n) is 3.91. The van der Waals surface area contributed by atoms with Crippen LogP contribution in [0.1, 0.15) is 40.5 Å². The van der Waals surface area contributed by atoms with Crippen LogP contribution in [0, 0.1) is 11.3 Å². The average Bonchev–Trinajstić information content (AvgIpc) is 2.34. The summed E-state index contributed by atoms with van der Waals surface area (Å²) < 4.78 is 11.5. The molecule has 1 N–H and O–H groups in total. The summed E-state index contributed by atoms with van der Waals surface area (Å²) in [5.41, 5.74) is 0.232. The van der Waals surface area contributed by atoms with Crippen LogP contribution in [0.2, 0.25) is 0 Å². The van der Waals surface area contributed by atoms with Gasteiger partial charge in [0.05, 0.1) is 19.3 Å². The van der Waals surface area contributed by atoms with E-state index < -0.39 is 0 Å². The lowest BCUT2D eigenvalue weighted by molar-refractivity contribution is -0.124. The molecule has 2 atom stereocenters. The molecule has 0 aromatic carbocycles. The second-order valence-electron chi connectivity index (χ2n) is 6.47. The third-order valence-corrected chi connectivity index (χ3v) is 3.91. The second kappa shape index (κ2) is 8.03. The molecule has 1 aliphatic carbocycles. The van der Waals surface area contributed by atoms with Gasteiger partial charge in [0.25, 0.3) is 0 Å². The van der Waals surface area contributed by atoms with Gasteiger partial charge in [-0.2, -0.15) is 0 Å². The van der Waals surface area contributed by atoms with E-state index in [1.165, 1.54) is 0 Å². The summed E-state index contributed by atoms with van der Waals surface area (Å²) >= 11 is 0. The molecule has 2 unspecified atom stereocenters. The van der Waals surface area contributed by atoms with Crippen LogP contribution in [0.15, 0.2) is 12.7 Å². The van der Waals surface area contributed by atoms with Crippen LogP contribution in [0.5, 0.6) is 0 Å². The molecule has 1 saturated carbocycles. The molecule has 0 spiro atoms. The smallest absolute Gasteiger partial charge is 0.0656 e. The van der Waals surface area contributed by atoms with E-state index in [0.29, 0.717) is 18.1 Å². The van der Waals surface area contributed by atoms with Gasteiger partial charge in [-0.25, -0.2) is 0 Å². The Balaban J connectivity index is 2.11. The summed E-state index contributed by atoms with van der Waals surface area (Å²) in [5.74, 6) is 0.612. The summed E-state index contributed by atoms with van der Waals surface area (Å²) in [5, 5.41) is 3.57. The quantitative estimate of drug-likeness (QED) is 0.488. The van der Waals surface area contributed by atoms with E-state index in [-0.39, 0.29) is 5.41 Å². The molecule has 0 radical (unpaired) electrons. The van der Waals surface area contributed by atoms with Crippen molar-refractivity contribution in [2.24, 2.45) is 11.3 Å². The molecule has 0 amide bonds. The molecule has 1 fully saturated rings. The molecule has 0 aliphatic heterocycles. The summed E-state index contributed by atoms with van der Waals surface area (Å²) in [6.45, 7) is 16.0. The van der Waals surface area contributed by atoms with Crippen LogP contribution in [-0.2, 0) is 9.47 Å². The molecule has 19 heavy (non-hydrogen) atoms. The highest BCUT2D eigenvalue weighted by atomic mass is 16.5. The monoisotopic (exact) mass is 269 g/mol. The zero-order chi connectivity index (χ0) is 14.3. The SMILES string of the molecule is C=CCCOCCNC1CC(OCC(C)C)C1(C)C. The topological polar surface area (TPSA) is 30.5 Å². The lowest BCUT2D eigenvalue weighted by Crippen LogP contribution is -2.61. The Hall–Kier alpha value is -0.380. The predicted molar refractivity (Wildman–Crippen MR) is 80.4 cm³/mol. The van der Waals surface area contributed by atoms with E-state index in [0.717, 1.165) is 39.2 Å². The standard InChI is InChI=1S/C16H31NO2/c1-6-7-9-18-10-8-17-14-11-15(16(14,4)5)19-12-13(2)3/h6,13-15,17H,1,7-12H2,2-5H3. The summed E-state index contributed by atoms with van der Waals surface area (Å²) in [4.78, 5) is 0. The van der Waals surface area contributed by atoms with Crippen molar-refractivity contribution in [3.63, 3.8) is 0 Å². The number of rotatable bonds is 10. The normalized spacial score (nSPS) is 25.3. The first kappa shape index (κ1) is 16.7. The van der Waals surface area contributed by atoms with Gasteiger partial charge in [0.1, 0.15) is 0 Å². The molecule has 3 heteroatoms. The Morgan fingerprint density at radius 3 is 2.68 bits per heavy atom. The summed E-state index contributed by atoms with van der Waals surface area (Å²) in [6, 6.07) is 0.549. The Kier molecular flexibility index (Phi) is 7.05. The molecular weight excluding hydrogens is 238 g/mol. The number of nitrogens with one attached hydrogen (secondary N) is 1. The number of hydrogen-bond donors (Lipinski definition) is 1. The second-order valence-corrected chi connectivity index (χ2v) is 6.47. The zero-order valence-corrected chi connectivity index (χ0v) is 13.1. The summed E-state index contributed by atoms with van der Waals surface area (Å²) in [7, 11) is 0. The fraction of sp³-hybridized carbons (Fsp3) is 0.875. The Bertz CT molecular complexity index is 263. The molecule has 0 saturated heterocycles. The molecule has 0 heterocycles. The van der Waals surface area contributed by atoms with E-state index in [2.05, 4.69) is 39.6 Å². The Morgan fingerprint density at radius 1 is 1.37 bits per heavy atom. The van der Waals surface area contributed by atoms with Gasteiger partial charge in [-0.05, 0) is 18.8 Å². The largest absolute Gasteiger partial charge is 0.380 e. The van der Waals surface area contributed by atoms with Crippen molar-refractivity contribution < 1.29 is 9.47 Å². The van der Waals surface area contributed by atoms with E-state index in [4.69, 9.17) is 9.47 Å². The van der Waals surface area contributed by atoms with Crippen LogP contribution in [0.4, 0.5) is 0 Å². The van der Waals surface area contributed by atoms with E-state index >= 15 is 0 Å². The van der Waals surface area contributed by atoms with Crippen LogP contribution in [0.25, 0.3) is 0 Å². The maximum absolute atomic E-state index is 5.96. The van der Waals surface area contributed by atoms with Gasteiger partial charge in [-0.3, -0.25) is 0 Å². The molecule has 0 aromatic rings. The van der Waals surface area contributed by atoms with Gasteiger partial charge in [-0.15, -0.1) is 6.58 Å². The molecule has 112 valence electrons. The fourth-order valence-corrected chi connectivity index (χ4v) is 2.40. The van der Waals surface area contributed by atoms with Crippen molar-refractivity contribution in [1.29, 1.82) is 0 Å². The molecule has 3 nitrogen and oxygen atoms in total. The van der Waals surface area contributed by atoms with E-state index in [1.54, 1.807) is 0 Å². The maximum atomic E-state index is 5.96. The van der Waals surface area contributed by atoms with Gasteiger partial charge < -0.3 is 14.8 Å². The number of ether oxygens (including phenoxy) is 2. The van der Waals surface area contributed by atoms with Crippen molar-refractivity contribution >= 4 is 0 Å². The van der Waals surface area contributed by atoms with Gasteiger partial charge in [0, 0.05) is 24.6 Å². The van der Waals surface area contributed by atoms with E-state index in [1.807, 2.05) is 6.08 Å². The first-order chi connectivity index (χ1) is 8.98. The van der Waals surface area contributed by atoms with Crippen LogP contribution < -0.4 is 5.32 Å². The molecule has 1 aliphatic rings. The van der Waals surface area contributed by atoms with Crippen molar-refractivity contribution in [3.8, 4) is 0 Å². The fourth-order valence-electron chi connectivity index (χ4n) is 2.40. The summed E-state index contributed by atoms with van der Waals surface area (Å²) in [6.07, 6.45) is 4.33. The molecular formula is C16H31NO2. The first-order valence-electron chi connectivity index (χ1n) is 7.52. The van der Waals surface area contributed by atoms with Crippen LogP contribution in [-0.4, -0.2) is 38.5 Å². The minimum absolute atomic E-state index is 0.232. The third kappa shape index (κ3) is 5.25. The average molecular weight is 269 g/mol. The van der Waals surface area contributed by atoms with Crippen molar-refractivity contribution in [2.75, 3.05) is 26.4 Å². The molecule has 1 rings (SSSR count). The minimum atomic E-state index is 0.232. The van der Waals surface area contributed by atoms with Crippen molar-refractivity contribution in [2.45, 2.75) is 52.7 Å². The molecule has 0 aromatic heterocycles. The van der Waals surface area contributed by atoms with Crippen molar-refractivity contribution in [1.82, 2.24) is 5.32 Å². The van der Waals surface area contributed by atoms with Gasteiger partial charge in [0.15, 0.2) is 0 Å². The van der Waals surface area contributed by atoms with Gasteiger partial charge in [-0.1, -0.05) is 33.8 Å². The molecule has 0 bridgehead atoms. The Morgan fingerprint density at radius 2 is 2.11 bits per heavy atom. The van der Waals surface area contributed by atoms with E-state index in [9.17, 15) is 0 Å². The maximum Gasteiger partial charge on any atom is 0.0656 e. The minimum Gasteiger partial charge on any atom is -0.380 e. The van der Waals surface area contributed by atoms with Crippen LogP contribution in [0.3, 0.4) is 0 Å². The van der Waals surface area contributed by atoms with Crippen LogP contribution >= 0.6 is 0 Å². The highest BCUT2D eigenvalue weighted by molar-refractivity contribution is 5.02. The van der Waals surface area contributed by atoms with Gasteiger partial charge >= 0.3 is 0 Å². The zero-order valence-electron chi connectivity index (χ0n) is 13.1.